The summed E-state index contributed by atoms with van der Waals surface area (Å²) < 4.78 is 0. The molecule has 4 rings (SSSR count). The lowest BCUT2D eigenvalue weighted by molar-refractivity contribution is -0.134. The topological polar surface area (TPSA) is 59.2 Å². The highest BCUT2D eigenvalue weighted by Gasteiger charge is 2.39. The molecule has 1 aliphatic carbocycles. The zero-order valence-corrected chi connectivity index (χ0v) is 17.5. The fraction of sp³-hybridized carbons (Fsp3) is 0.524. The Labute approximate surface area is 171 Å². The van der Waals surface area contributed by atoms with Crippen molar-refractivity contribution in [2.24, 2.45) is 5.73 Å². The van der Waals surface area contributed by atoms with Crippen molar-refractivity contribution < 1.29 is 4.79 Å². The van der Waals surface area contributed by atoms with Crippen LogP contribution < -0.4 is 5.73 Å². The maximum atomic E-state index is 13.2. The molecule has 1 saturated heterocycles. The number of carbonyl (C=O) groups excluding carboxylic acids is 1. The highest BCUT2D eigenvalue weighted by atomic mass is 35.5. The number of benzene rings is 1. The predicted octanol–water partition coefficient (Wildman–Crippen LogP) is 3.81. The molecule has 0 saturated carbocycles. The molecule has 0 unspecified atom stereocenters. The maximum absolute atomic E-state index is 13.2. The molecule has 4 nitrogen and oxygen atoms in total. The maximum Gasteiger partial charge on any atom is 0.231 e. The number of hydrogen-bond donors (Lipinski definition) is 1. The van der Waals surface area contributed by atoms with Gasteiger partial charge in [-0.05, 0) is 44.6 Å². The van der Waals surface area contributed by atoms with Crippen LogP contribution in [-0.2, 0) is 16.6 Å². The number of aromatic nitrogens is 1. The molecule has 27 heavy (non-hydrogen) atoms. The number of nitrogens with zero attached hydrogens (tertiary/aromatic N) is 2. The number of likely N-dealkylation sites (tertiary alicyclic amines) is 1. The van der Waals surface area contributed by atoms with Crippen molar-refractivity contribution >= 4 is 29.7 Å². The molecule has 2 N–H and O–H groups in total. The second-order valence-corrected chi connectivity index (χ2v) is 8.95. The van der Waals surface area contributed by atoms with Gasteiger partial charge in [0.15, 0.2) is 0 Å². The van der Waals surface area contributed by atoms with Crippen LogP contribution in [0.4, 0.5) is 0 Å². The standard InChI is InChI=1S/C21H27N3OS.ClH/c1-15-23-19-17(8-5-9-18(19)26-15)20(25)24-12-10-21(14-22,11-13-24)16-6-3-2-4-7-16;/h2-4,6-7,17H,5,8-14,22H2,1H3;1H/t17-;/m1./s1. The molecule has 1 aromatic heterocycles. The van der Waals surface area contributed by atoms with E-state index in [-0.39, 0.29) is 29.6 Å². The Morgan fingerprint density at radius 3 is 2.67 bits per heavy atom. The lowest BCUT2D eigenvalue weighted by Gasteiger charge is -2.42. The molecule has 2 aliphatic rings. The number of fused-ring (bicyclic) bond motifs is 1. The van der Waals surface area contributed by atoms with Crippen LogP contribution in [0.5, 0.6) is 0 Å². The molecule has 1 atom stereocenters. The fourth-order valence-electron chi connectivity index (χ4n) is 4.56. The summed E-state index contributed by atoms with van der Waals surface area (Å²) in [5.74, 6) is 0.237. The summed E-state index contributed by atoms with van der Waals surface area (Å²) in [4.78, 5) is 21.3. The van der Waals surface area contributed by atoms with Crippen LogP contribution in [0.25, 0.3) is 0 Å². The summed E-state index contributed by atoms with van der Waals surface area (Å²) in [5.41, 5.74) is 8.56. The van der Waals surface area contributed by atoms with E-state index in [2.05, 4.69) is 29.2 Å². The van der Waals surface area contributed by atoms with Crippen LogP contribution in [-0.4, -0.2) is 35.4 Å². The van der Waals surface area contributed by atoms with Crippen LogP contribution in [0.2, 0.25) is 0 Å². The third-order valence-electron chi connectivity index (χ3n) is 6.17. The Balaban J connectivity index is 0.00000210. The van der Waals surface area contributed by atoms with E-state index in [9.17, 15) is 4.79 Å². The van der Waals surface area contributed by atoms with Crippen molar-refractivity contribution in [3.05, 3.63) is 51.5 Å². The Morgan fingerprint density at radius 1 is 1.30 bits per heavy atom. The number of rotatable bonds is 3. The van der Waals surface area contributed by atoms with Crippen molar-refractivity contribution in [1.29, 1.82) is 0 Å². The predicted molar refractivity (Wildman–Crippen MR) is 113 cm³/mol. The van der Waals surface area contributed by atoms with Gasteiger partial charge in [0.2, 0.25) is 5.91 Å². The minimum atomic E-state index is -0.0363. The molecule has 0 spiro atoms. The van der Waals surface area contributed by atoms with Crippen LogP contribution in [0.3, 0.4) is 0 Å². The zero-order chi connectivity index (χ0) is 18.1. The molecule has 1 fully saturated rings. The van der Waals surface area contributed by atoms with E-state index in [1.165, 1.54) is 10.4 Å². The van der Waals surface area contributed by atoms with E-state index in [4.69, 9.17) is 10.7 Å². The monoisotopic (exact) mass is 405 g/mol. The van der Waals surface area contributed by atoms with Crippen molar-refractivity contribution in [3.8, 4) is 0 Å². The number of aryl methyl sites for hydroxylation is 2. The SMILES string of the molecule is Cc1nc2c(s1)CCC[C@H]2C(=O)N1CCC(CN)(c2ccccc2)CC1.Cl. The normalized spacial score (nSPS) is 21.3. The Bertz CT molecular complexity index is 784. The molecule has 2 aromatic rings. The van der Waals surface area contributed by atoms with Gasteiger partial charge in [0.25, 0.3) is 0 Å². The first-order valence-electron chi connectivity index (χ1n) is 9.63. The third-order valence-corrected chi connectivity index (χ3v) is 7.21. The first-order valence-corrected chi connectivity index (χ1v) is 10.5. The molecule has 0 bridgehead atoms. The summed E-state index contributed by atoms with van der Waals surface area (Å²) in [6.07, 6.45) is 4.99. The van der Waals surface area contributed by atoms with Crippen LogP contribution in [0, 0.1) is 6.92 Å². The van der Waals surface area contributed by atoms with E-state index in [0.29, 0.717) is 6.54 Å². The van der Waals surface area contributed by atoms with Gasteiger partial charge in [0.05, 0.1) is 16.6 Å². The molecule has 146 valence electrons. The number of hydrogen-bond acceptors (Lipinski definition) is 4. The van der Waals surface area contributed by atoms with Gasteiger partial charge in [0, 0.05) is 29.9 Å². The molecule has 1 aliphatic heterocycles. The molecule has 2 heterocycles. The lowest BCUT2D eigenvalue weighted by atomic mass is 9.72. The number of piperidine rings is 1. The minimum Gasteiger partial charge on any atom is -0.342 e. The van der Waals surface area contributed by atoms with E-state index in [1.807, 2.05) is 13.0 Å². The Kier molecular flexibility index (Phi) is 6.24. The number of amides is 1. The summed E-state index contributed by atoms with van der Waals surface area (Å²) in [6.45, 7) is 4.26. The van der Waals surface area contributed by atoms with Gasteiger partial charge in [0.1, 0.15) is 0 Å². The van der Waals surface area contributed by atoms with E-state index >= 15 is 0 Å². The van der Waals surface area contributed by atoms with E-state index in [1.54, 1.807) is 11.3 Å². The number of thiazole rings is 1. The minimum absolute atomic E-state index is 0. The smallest absolute Gasteiger partial charge is 0.231 e. The highest BCUT2D eigenvalue weighted by molar-refractivity contribution is 7.11. The average Bonchev–Trinajstić information content (AvgIpc) is 3.08. The van der Waals surface area contributed by atoms with Crippen molar-refractivity contribution in [2.45, 2.75) is 50.4 Å². The lowest BCUT2D eigenvalue weighted by Crippen LogP contribution is -2.49. The van der Waals surface area contributed by atoms with Gasteiger partial charge in [-0.2, -0.15) is 0 Å². The number of halogens is 1. The zero-order valence-electron chi connectivity index (χ0n) is 15.8. The molecule has 6 heteroatoms. The highest BCUT2D eigenvalue weighted by Crippen LogP contribution is 2.39. The van der Waals surface area contributed by atoms with E-state index < -0.39 is 0 Å². The van der Waals surface area contributed by atoms with Crippen LogP contribution in [0.15, 0.2) is 30.3 Å². The summed E-state index contributed by atoms with van der Waals surface area (Å²) in [5, 5.41) is 1.08. The fourth-order valence-corrected chi connectivity index (χ4v) is 5.60. The molecule has 0 radical (unpaired) electrons. The Hall–Kier alpha value is -1.43. The quantitative estimate of drug-likeness (QED) is 0.844. The Morgan fingerprint density at radius 2 is 2.00 bits per heavy atom. The first-order chi connectivity index (χ1) is 12.6. The second-order valence-electron chi connectivity index (χ2n) is 7.66. The second kappa shape index (κ2) is 8.29. The molecule has 1 aromatic carbocycles. The third kappa shape index (κ3) is 3.78. The van der Waals surface area contributed by atoms with Gasteiger partial charge in [-0.1, -0.05) is 30.3 Å². The van der Waals surface area contributed by atoms with E-state index in [0.717, 1.165) is 55.9 Å². The number of carbonyl (C=O) groups is 1. The van der Waals surface area contributed by atoms with Gasteiger partial charge in [-0.15, -0.1) is 23.7 Å². The summed E-state index contributed by atoms with van der Waals surface area (Å²) in [6, 6.07) is 10.6. The van der Waals surface area contributed by atoms with Crippen molar-refractivity contribution in [3.63, 3.8) is 0 Å². The summed E-state index contributed by atoms with van der Waals surface area (Å²) >= 11 is 1.76. The average molecular weight is 406 g/mol. The van der Waals surface area contributed by atoms with Crippen molar-refractivity contribution in [2.75, 3.05) is 19.6 Å². The van der Waals surface area contributed by atoms with Gasteiger partial charge < -0.3 is 10.6 Å². The van der Waals surface area contributed by atoms with Crippen molar-refractivity contribution in [1.82, 2.24) is 9.88 Å². The first kappa shape index (κ1) is 20.3. The molecular formula is C21H28ClN3OS. The molecular weight excluding hydrogens is 378 g/mol. The summed E-state index contributed by atoms with van der Waals surface area (Å²) in [7, 11) is 0. The van der Waals surface area contributed by atoms with Crippen LogP contribution in [0.1, 0.15) is 52.7 Å². The van der Waals surface area contributed by atoms with Crippen LogP contribution >= 0.6 is 23.7 Å². The van der Waals surface area contributed by atoms with Gasteiger partial charge in [-0.3, -0.25) is 4.79 Å². The largest absolute Gasteiger partial charge is 0.342 e. The molecule has 1 amide bonds. The van der Waals surface area contributed by atoms with Gasteiger partial charge >= 0.3 is 0 Å². The number of nitrogens with two attached hydrogens (primary N) is 1. The van der Waals surface area contributed by atoms with Gasteiger partial charge in [-0.25, -0.2) is 4.98 Å².